The van der Waals surface area contributed by atoms with Crippen LogP contribution in [0.5, 0.6) is 0 Å². The molecule has 1 unspecified atom stereocenters. The third-order valence-electron chi connectivity index (χ3n) is 4.06. The van der Waals surface area contributed by atoms with Gasteiger partial charge in [-0.1, -0.05) is 12.8 Å². The molecule has 1 N–H and O–H groups in total. The van der Waals surface area contributed by atoms with Gasteiger partial charge in [-0.05, 0) is 51.2 Å². The molecule has 2 atom stereocenters. The summed E-state index contributed by atoms with van der Waals surface area (Å²) in [4.78, 5) is 0. The Labute approximate surface area is 105 Å². The highest BCUT2D eigenvalue weighted by molar-refractivity contribution is 4.98. The van der Waals surface area contributed by atoms with Crippen molar-refractivity contribution in [3.8, 4) is 0 Å². The van der Waals surface area contributed by atoms with Crippen molar-refractivity contribution in [3.05, 3.63) is 24.2 Å². The van der Waals surface area contributed by atoms with Gasteiger partial charge in [0.05, 0.1) is 6.26 Å². The summed E-state index contributed by atoms with van der Waals surface area (Å²) < 4.78 is 5.36. The van der Waals surface area contributed by atoms with Crippen molar-refractivity contribution in [2.24, 2.45) is 5.92 Å². The van der Waals surface area contributed by atoms with Crippen molar-refractivity contribution in [2.75, 3.05) is 0 Å². The summed E-state index contributed by atoms with van der Waals surface area (Å²) in [6, 6.07) is 5.28. The second kappa shape index (κ2) is 6.25. The van der Waals surface area contributed by atoms with Gasteiger partial charge in [0.1, 0.15) is 5.76 Å². The number of nitrogens with one attached hydrogen (secondary N) is 1. The number of aryl methyl sites for hydroxylation is 1. The summed E-state index contributed by atoms with van der Waals surface area (Å²) in [5, 5.41) is 3.74. The molecule has 17 heavy (non-hydrogen) atoms. The minimum Gasteiger partial charge on any atom is -0.469 e. The molecular weight excluding hydrogens is 210 g/mol. The fourth-order valence-corrected chi connectivity index (χ4v) is 2.94. The Kier molecular flexibility index (Phi) is 4.66. The van der Waals surface area contributed by atoms with Gasteiger partial charge in [-0.2, -0.15) is 0 Å². The van der Waals surface area contributed by atoms with E-state index in [0.29, 0.717) is 12.1 Å². The van der Waals surface area contributed by atoms with Crippen molar-refractivity contribution >= 4 is 0 Å². The van der Waals surface area contributed by atoms with E-state index in [4.69, 9.17) is 4.42 Å². The standard InChI is InChI=1S/C15H25NO/c1-12(9-10-15-8-5-11-17-15)16-13(2)14-6-3-4-7-14/h5,8,11-14,16H,3-4,6-7,9-10H2,1-2H3/t12?,13-/m0/s1. The lowest BCUT2D eigenvalue weighted by Gasteiger charge is -2.24. The largest absolute Gasteiger partial charge is 0.469 e. The number of hydrogen-bond acceptors (Lipinski definition) is 2. The Morgan fingerprint density at radius 2 is 2.12 bits per heavy atom. The topological polar surface area (TPSA) is 25.2 Å². The Morgan fingerprint density at radius 1 is 1.35 bits per heavy atom. The van der Waals surface area contributed by atoms with E-state index in [1.807, 2.05) is 6.07 Å². The van der Waals surface area contributed by atoms with Crippen molar-refractivity contribution in [3.63, 3.8) is 0 Å². The third-order valence-corrected chi connectivity index (χ3v) is 4.06. The molecule has 1 saturated carbocycles. The van der Waals surface area contributed by atoms with Gasteiger partial charge >= 0.3 is 0 Å². The van der Waals surface area contributed by atoms with Gasteiger partial charge in [0.25, 0.3) is 0 Å². The fraction of sp³-hybridized carbons (Fsp3) is 0.733. The molecule has 0 spiro atoms. The molecule has 2 heteroatoms. The quantitative estimate of drug-likeness (QED) is 0.812. The minimum atomic E-state index is 0.579. The van der Waals surface area contributed by atoms with Gasteiger partial charge in [0.15, 0.2) is 0 Å². The van der Waals surface area contributed by atoms with Crippen molar-refractivity contribution in [2.45, 2.75) is 64.5 Å². The first-order valence-electron chi connectivity index (χ1n) is 7.04. The van der Waals surface area contributed by atoms with Crippen LogP contribution in [0.2, 0.25) is 0 Å². The molecule has 1 heterocycles. The predicted molar refractivity (Wildman–Crippen MR) is 71.0 cm³/mol. The van der Waals surface area contributed by atoms with Gasteiger partial charge < -0.3 is 9.73 Å². The van der Waals surface area contributed by atoms with Gasteiger partial charge in [-0.3, -0.25) is 0 Å². The van der Waals surface area contributed by atoms with E-state index >= 15 is 0 Å². The maximum Gasteiger partial charge on any atom is 0.103 e. The van der Waals surface area contributed by atoms with Crippen LogP contribution in [0.4, 0.5) is 0 Å². The van der Waals surface area contributed by atoms with Gasteiger partial charge in [-0.25, -0.2) is 0 Å². The van der Waals surface area contributed by atoms with E-state index in [9.17, 15) is 0 Å². The number of hydrogen-bond donors (Lipinski definition) is 1. The van der Waals surface area contributed by atoms with E-state index in [0.717, 1.165) is 24.5 Å². The van der Waals surface area contributed by atoms with Crippen molar-refractivity contribution < 1.29 is 4.42 Å². The molecule has 2 rings (SSSR count). The maximum absolute atomic E-state index is 5.36. The average molecular weight is 235 g/mol. The SMILES string of the molecule is CC(CCc1ccco1)N[C@@H](C)C1CCCC1. The smallest absolute Gasteiger partial charge is 0.103 e. The van der Waals surface area contributed by atoms with Crippen LogP contribution in [0.3, 0.4) is 0 Å². The van der Waals surface area contributed by atoms with E-state index in [2.05, 4.69) is 25.2 Å². The zero-order valence-electron chi connectivity index (χ0n) is 11.1. The van der Waals surface area contributed by atoms with Crippen molar-refractivity contribution in [1.82, 2.24) is 5.32 Å². The number of furan rings is 1. The van der Waals surface area contributed by atoms with E-state index in [-0.39, 0.29) is 0 Å². The highest BCUT2D eigenvalue weighted by atomic mass is 16.3. The van der Waals surface area contributed by atoms with Crippen LogP contribution in [-0.4, -0.2) is 12.1 Å². The second-order valence-corrected chi connectivity index (χ2v) is 5.52. The molecule has 0 aromatic carbocycles. The fourth-order valence-electron chi connectivity index (χ4n) is 2.94. The second-order valence-electron chi connectivity index (χ2n) is 5.52. The summed E-state index contributed by atoms with van der Waals surface area (Å²) >= 11 is 0. The van der Waals surface area contributed by atoms with Gasteiger partial charge in [0, 0.05) is 18.5 Å². The van der Waals surface area contributed by atoms with Crippen LogP contribution in [-0.2, 0) is 6.42 Å². The highest BCUT2D eigenvalue weighted by Crippen LogP contribution is 2.27. The highest BCUT2D eigenvalue weighted by Gasteiger charge is 2.22. The average Bonchev–Trinajstić information content (AvgIpc) is 2.99. The van der Waals surface area contributed by atoms with Gasteiger partial charge in [0.2, 0.25) is 0 Å². The molecule has 0 radical (unpaired) electrons. The summed E-state index contributed by atoms with van der Waals surface area (Å²) in [6.07, 6.45) is 9.64. The Bertz CT molecular complexity index is 301. The van der Waals surface area contributed by atoms with Crippen LogP contribution in [0, 0.1) is 5.92 Å². The van der Waals surface area contributed by atoms with E-state index in [1.54, 1.807) is 6.26 Å². The first-order valence-corrected chi connectivity index (χ1v) is 7.04. The molecule has 96 valence electrons. The molecule has 0 bridgehead atoms. The zero-order valence-corrected chi connectivity index (χ0v) is 11.1. The van der Waals surface area contributed by atoms with Crippen LogP contribution < -0.4 is 5.32 Å². The van der Waals surface area contributed by atoms with E-state index < -0.39 is 0 Å². The third kappa shape index (κ3) is 3.88. The molecular formula is C15H25NO. The lowest BCUT2D eigenvalue weighted by Crippen LogP contribution is -2.38. The molecule has 1 fully saturated rings. The molecule has 0 aliphatic heterocycles. The first kappa shape index (κ1) is 12.7. The van der Waals surface area contributed by atoms with E-state index in [1.165, 1.54) is 25.7 Å². The Morgan fingerprint density at radius 3 is 2.76 bits per heavy atom. The summed E-state index contributed by atoms with van der Waals surface area (Å²) in [6.45, 7) is 4.63. The Balaban J connectivity index is 1.67. The maximum atomic E-state index is 5.36. The minimum absolute atomic E-state index is 0.579. The van der Waals surface area contributed by atoms with Crippen molar-refractivity contribution in [1.29, 1.82) is 0 Å². The molecule has 1 aliphatic carbocycles. The van der Waals surface area contributed by atoms with Crippen LogP contribution in [0.25, 0.3) is 0 Å². The molecule has 1 aromatic heterocycles. The lowest BCUT2D eigenvalue weighted by molar-refractivity contribution is 0.337. The van der Waals surface area contributed by atoms with Crippen LogP contribution in [0.15, 0.2) is 22.8 Å². The normalized spacial score (nSPS) is 20.6. The number of rotatable bonds is 6. The molecule has 0 amide bonds. The Hall–Kier alpha value is -0.760. The monoisotopic (exact) mass is 235 g/mol. The first-order chi connectivity index (χ1) is 8.25. The molecule has 0 saturated heterocycles. The molecule has 2 nitrogen and oxygen atoms in total. The predicted octanol–water partition coefficient (Wildman–Crippen LogP) is 3.77. The summed E-state index contributed by atoms with van der Waals surface area (Å²) in [7, 11) is 0. The summed E-state index contributed by atoms with van der Waals surface area (Å²) in [5.74, 6) is 2.01. The molecule has 1 aromatic rings. The lowest BCUT2D eigenvalue weighted by atomic mass is 9.98. The zero-order chi connectivity index (χ0) is 12.1. The van der Waals surface area contributed by atoms with Gasteiger partial charge in [-0.15, -0.1) is 0 Å². The van der Waals surface area contributed by atoms with Crippen LogP contribution >= 0.6 is 0 Å². The van der Waals surface area contributed by atoms with Crippen LogP contribution in [0.1, 0.15) is 51.7 Å². The molecule has 1 aliphatic rings. The summed E-state index contributed by atoms with van der Waals surface area (Å²) in [5.41, 5.74) is 0.